The second-order valence-corrected chi connectivity index (χ2v) is 7.47. The third-order valence-corrected chi connectivity index (χ3v) is 6.00. The molecule has 3 rings (SSSR count). The molecule has 1 aliphatic carbocycles. The summed E-state index contributed by atoms with van der Waals surface area (Å²) in [6.07, 6.45) is 9.45. The highest BCUT2D eigenvalue weighted by atomic mass is 32.2. The van der Waals surface area contributed by atoms with E-state index in [-0.39, 0.29) is 0 Å². The van der Waals surface area contributed by atoms with Gasteiger partial charge < -0.3 is 10.1 Å². The molecule has 1 N–H and O–H groups in total. The van der Waals surface area contributed by atoms with Crippen LogP contribution in [0.4, 0.5) is 0 Å². The summed E-state index contributed by atoms with van der Waals surface area (Å²) >= 11 is 1.92. The van der Waals surface area contributed by atoms with E-state index in [9.17, 15) is 0 Å². The first-order valence-electron chi connectivity index (χ1n) is 7.83. The van der Waals surface area contributed by atoms with E-state index in [1.807, 2.05) is 11.8 Å². The van der Waals surface area contributed by atoms with Crippen LogP contribution >= 0.6 is 11.8 Å². The normalized spacial score (nSPS) is 41.6. The Kier molecular flexibility index (Phi) is 4.37. The minimum atomic E-state index is 0.365. The van der Waals surface area contributed by atoms with Gasteiger partial charge in [-0.3, -0.25) is 4.99 Å². The lowest BCUT2D eigenvalue weighted by Crippen LogP contribution is -2.46. The first-order valence-corrected chi connectivity index (χ1v) is 8.81. The second kappa shape index (κ2) is 6.04. The van der Waals surface area contributed by atoms with Crippen molar-refractivity contribution >= 4 is 16.9 Å². The molecular formula is C15H26N2OS. The van der Waals surface area contributed by atoms with E-state index in [2.05, 4.69) is 12.2 Å². The highest BCUT2D eigenvalue weighted by Gasteiger charge is 2.39. The molecule has 1 atom stereocenters. The van der Waals surface area contributed by atoms with Crippen LogP contribution in [0.2, 0.25) is 0 Å². The molecule has 0 aromatic heterocycles. The van der Waals surface area contributed by atoms with Gasteiger partial charge in [-0.05, 0) is 50.9 Å². The number of rotatable bonds is 2. The van der Waals surface area contributed by atoms with Crippen molar-refractivity contribution in [2.24, 2.45) is 10.9 Å². The fourth-order valence-electron chi connectivity index (χ4n) is 3.31. The van der Waals surface area contributed by atoms with Crippen molar-refractivity contribution in [1.82, 2.24) is 5.32 Å². The van der Waals surface area contributed by atoms with Crippen molar-refractivity contribution in [3.05, 3.63) is 0 Å². The average molecular weight is 282 g/mol. The van der Waals surface area contributed by atoms with E-state index in [1.54, 1.807) is 0 Å². The van der Waals surface area contributed by atoms with Gasteiger partial charge >= 0.3 is 0 Å². The highest BCUT2D eigenvalue weighted by molar-refractivity contribution is 8.14. The number of nitrogens with zero attached hydrogens (tertiary/aromatic N) is 1. The van der Waals surface area contributed by atoms with Crippen LogP contribution < -0.4 is 5.32 Å². The molecule has 2 heterocycles. The van der Waals surface area contributed by atoms with E-state index in [0.717, 1.165) is 19.1 Å². The molecule has 3 nitrogen and oxygen atoms in total. The molecule has 19 heavy (non-hydrogen) atoms. The average Bonchev–Trinajstić information content (AvgIpc) is 2.85. The maximum absolute atomic E-state index is 5.74. The molecule has 2 aliphatic heterocycles. The van der Waals surface area contributed by atoms with Gasteiger partial charge in [0.05, 0.1) is 12.6 Å². The summed E-state index contributed by atoms with van der Waals surface area (Å²) in [6.45, 7) is 4.16. The molecule has 1 spiro atoms. The Morgan fingerprint density at radius 1 is 1.32 bits per heavy atom. The maximum atomic E-state index is 5.74. The highest BCUT2D eigenvalue weighted by Crippen LogP contribution is 2.38. The van der Waals surface area contributed by atoms with Crippen LogP contribution in [-0.2, 0) is 4.74 Å². The summed E-state index contributed by atoms with van der Waals surface area (Å²) in [5.41, 5.74) is 0.365. The zero-order chi connectivity index (χ0) is 13.1. The molecule has 1 saturated carbocycles. The molecule has 4 heteroatoms. The van der Waals surface area contributed by atoms with E-state index < -0.39 is 0 Å². The van der Waals surface area contributed by atoms with E-state index in [1.165, 1.54) is 55.9 Å². The summed E-state index contributed by atoms with van der Waals surface area (Å²) in [6, 6.07) is 0. The van der Waals surface area contributed by atoms with Gasteiger partial charge in [0.15, 0.2) is 5.17 Å². The summed E-state index contributed by atoms with van der Waals surface area (Å²) in [5, 5.41) is 4.89. The van der Waals surface area contributed by atoms with Crippen LogP contribution in [-0.4, -0.2) is 35.7 Å². The molecule has 0 radical (unpaired) electrons. The van der Waals surface area contributed by atoms with Crippen molar-refractivity contribution in [3.8, 4) is 0 Å². The standard InChI is InChI=1S/C15H26N2OS/c1-12-5-7-15(8-6-12)11-19-14(17-15)16-10-13-4-2-3-9-18-13/h12-13H,2-11H2,1H3,(H,16,17). The monoisotopic (exact) mass is 282 g/mol. The molecule has 3 aliphatic rings. The molecule has 2 saturated heterocycles. The third kappa shape index (κ3) is 3.46. The zero-order valence-corrected chi connectivity index (χ0v) is 12.8. The molecule has 1 unspecified atom stereocenters. The van der Waals surface area contributed by atoms with Gasteiger partial charge in [0.1, 0.15) is 0 Å². The number of hydrogen-bond acceptors (Lipinski definition) is 3. The largest absolute Gasteiger partial charge is 0.376 e. The van der Waals surface area contributed by atoms with Crippen LogP contribution in [0.5, 0.6) is 0 Å². The Morgan fingerprint density at radius 3 is 2.89 bits per heavy atom. The predicted molar refractivity (Wildman–Crippen MR) is 81.8 cm³/mol. The molecule has 0 aromatic carbocycles. The first kappa shape index (κ1) is 13.7. The van der Waals surface area contributed by atoms with Crippen molar-refractivity contribution in [1.29, 1.82) is 0 Å². The Balaban J connectivity index is 1.50. The van der Waals surface area contributed by atoms with Gasteiger partial charge in [0, 0.05) is 17.9 Å². The van der Waals surface area contributed by atoms with Gasteiger partial charge in [0.25, 0.3) is 0 Å². The smallest absolute Gasteiger partial charge is 0.157 e. The SMILES string of the molecule is CC1CCC2(CC1)CSC(=NCC1CCCCO1)N2. The van der Waals surface area contributed by atoms with E-state index in [0.29, 0.717) is 11.6 Å². The van der Waals surface area contributed by atoms with Crippen molar-refractivity contribution in [2.45, 2.75) is 63.5 Å². The van der Waals surface area contributed by atoms with Crippen LogP contribution in [0.3, 0.4) is 0 Å². The third-order valence-electron chi connectivity index (χ3n) is 4.80. The number of thioether (sulfide) groups is 1. The lowest BCUT2D eigenvalue weighted by atomic mass is 9.78. The zero-order valence-electron chi connectivity index (χ0n) is 12.0. The molecular weight excluding hydrogens is 256 g/mol. The number of hydrogen-bond donors (Lipinski definition) is 1. The van der Waals surface area contributed by atoms with Crippen LogP contribution in [0.1, 0.15) is 51.9 Å². The van der Waals surface area contributed by atoms with Gasteiger partial charge in [-0.2, -0.15) is 0 Å². The molecule has 108 valence electrons. The fraction of sp³-hybridized carbons (Fsp3) is 0.933. The fourth-order valence-corrected chi connectivity index (χ4v) is 4.54. The topological polar surface area (TPSA) is 33.6 Å². The van der Waals surface area contributed by atoms with E-state index in [4.69, 9.17) is 9.73 Å². The predicted octanol–water partition coefficient (Wildman–Crippen LogP) is 3.20. The first-order chi connectivity index (χ1) is 9.26. The Morgan fingerprint density at radius 2 is 2.16 bits per heavy atom. The minimum Gasteiger partial charge on any atom is -0.376 e. The summed E-state index contributed by atoms with van der Waals surface area (Å²) < 4.78 is 5.74. The Labute approximate surface area is 121 Å². The Bertz CT molecular complexity index is 331. The lowest BCUT2D eigenvalue weighted by Gasteiger charge is -2.35. The molecule has 0 aromatic rings. The van der Waals surface area contributed by atoms with Crippen LogP contribution in [0, 0.1) is 5.92 Å². The number of ether oxygens (including phenoxy) is 1. The second-order valence-electron chi connectivity index (χ2n) is 6.51. The molecule has 0 amide bonds. The summed E-state index contributed by atoms with van der Waals surface area (Å²) in [4.78, 5) is 4.76. The van der Waals surface area contributed by atoms with Crippen molar-refractivity contribution in [2.75, 3.05) is 18.9 Å². The van der Waals surface area contributed by atoms with Gasteiger partial charge in [-0.15, -0.1) is 0 Å². The van der Waals surface area contributed by atoms with Crippen LogP contribution in [0.25, 0.3) is 0 Å². The minimum absolute atomic E-state index is 0.365. The van der Waals surface area contributed by atoms with Gasteiger partial charge in [-0.25, -0.2) is 0 Å². The lowest BCUT2D eigenvalue weighted by molar-refractivity contribution is 0.0225. The Hall–Kier alpha value is -0.220. The summed E-state index contributed by atoms with van der Waals surface area (Å²) in [7, 11) is 0. The molecule has 0 bridgehead atoms. The maximum Gasteiger partial charge on any atom is 0.157 e. The summed E-state index contributed by atoms with van der Waals surface area (Å²) in [5.74, 6) is 2.12. The van der Waals surface area contributed by atoms with Crippen molar-refractivity contribution < 1.29 is 4.74 Å². The van der Waals surface area contributed by atoms with Gasteiger partial charge in [-0.1, -0.05) is 18.7 Å². The quantitative estimate of drug-likeness (QED) is 0.844. The number of amidine groups is 1. The number of nitrogens with one attached hydrogen (secondary N) is 1. The van der Waals surface area contributed by atoms with Gasteiger partial charge in [0.2, 0.25) is 0 Å². The van der Waals surface area contributed by atoms with Crippen molar-refractivity contribution in [3.63, 3.8) is 0 Å². The van der Waals surface area contributed by atoms with Crippen LogP contribution in [0.15, 0.2) is 4.99 Å². The molecule has 3 fully saturated rings. The number of aliphatic imine (C=N–C) groups is 1. The van der Waals surface area contributed by atoms with E-state index >= 15 is 0 Å².